The van der Waals surface area contributed by atoms with Crippen LogP contribution < -0.4 is 0 Å². The summed E-state index contributed by atoms with van der Waals surface area (Å²) in [5, 5.41) is 10.5. The fourth-order valence-corrected chi connectivity index (χ4v) is 1.43. The van der Waals surface area contributed by atoms with Gasteiger partial charge in [-0.1, -0.05) is 6.08 Å². The second-order valence-electron chi connectivity index (χ2n) is 2.77. The largest absolute Gasteiger partial charge is 0.366 e. The van der Waals surface area contributed by atoms with Crippen molar-refractivity contribution in [1.82, 2.24) is 0 Å². The van der Waals surface area contributed by atoms with Crippen LogP contribution in [0.3, 0.4) is 0 Å². The second kappa shape index (κ2) is 1.58. The van der Waals surface area contributed by atoms with Crippen molar-refractivity contribution >= 4 is 0 Å². The van der Waals surface area contributed by atoms with Crippen LogP contribution in [-0.4, -0.2) is 23.2 Å². The van der Waals surface area contributed by atoms with Crippen LogP contribution in [0.25, 0.3) is 0 Å². The third-order valence-corrected chi connectivity index (χ3v) is 2.09. The molecular weight excluding hydrogens is 134 g/mol. The molecule has 1 fully saturated rings. The average Bonchev–Trinajstić information content (AvgIpc) is 2.45. The van der Waals surface area contributed by atoms with Crippen LogP contribution in [0.15, 0.2) is 12.2 Å². The summed E-state index contributed by atoms with van der Waals surface area (Å²) in [6.45, 7) is 0.251. The molecule has 0 aromatic carbocycles. The zero-order valence-corrected chi connectivity index (χ0v) is 5.32. The van der Waals surface area contributed by atoms with Gasteiger partial charge < -0.3 is 4.74 Å². The topological polar surface area (TPSA) is 52.4 Å². The Hall–Kier alpha value is -0.900. The highest BCUT2D eigenvalue weighted by molar-refractivity contribution is 5.17. The van der Waals surface area contributed by atoms with E-state index in [2.05, 4.69) is 0 Å². The first-order chi connectivity index (χ1) is 4.73. The normalized spacial score (nSPS) is 42.6. The SMILES string of the molecule is O=[N+]([O-])C12C=CC(C1)OC2. The van der Waals surface area contributed by atoms with Crippen LogP contribution in [0.5, 0.6) is 0 Å². The molecule has 2 aliphatic rings. The molecule has 1 aliphatic carbocycles. The van der Waals surface area contributed by atoms with Gasteiger partial charge in [0.1, 0.15) is 6.61 Å². The van der Waals surface area contributed by atoms with E-state index in [1.54, 1.807) is 12.2 Å². The van der Waals surface area contributed by atoms with Crippen molar-refractivity contribution in [2.24, 2.45) is 0 Å². The molecule has 2 atom stereocenters. The van der Waals surface area contributed by atoms with Crippen molar-refractivity contribution in [2.45, 2.75) is 18.1 Å². The maximum absolute atomic E-state index is 10.5. The third kappa shape index (κ3) is 0.541. The van der Waals surface area contributed by atoms with E-state index in [1.165, 1.54) is 0 Å². The van der Waals surface area contributed by atoms with E-state index in [-0.39, 0.29) is 17.6 Å². The van der Waals surface area contributed by atoms with Crippen molar-refractivity contribution in [3.63, 3.8) is 0 Å². The summed E-state index contributed by atoms with van der Waals surface area (Å²) in [6, 6.07) is 0. The Balaban J connectivity index is 2.32. The van der Waals surface area contributed by atoms with Gasteiger partial charge in [0.25, 0.3) is 5.54 Å². The number of fused-ring (bicyclic) bond motifs is 2. The molecule has 0 aromatic rings. The Kier molecular flexibility index (Phi) is 0.922. The van der Waals surface area contributed by atoms with Gasteiger partial charge in [0.15, 0.2) is 0 Å². The molecule has 4 heteroatoms. The van der Waals surface area contributed by atoms with Crippen LogP contribution in [0.1, 0.15) is 6.42 Å². The van der Waals surface area contributed by atoms with Crippen LogP contribution >= 0.6 is 0 Å². The monoisotopic (exact) mass is 141 g/mol. The maximum Gasteiger partial charge on any atom is 0.266 e. The minimum atomic E-state index is -0.870. The van der Waals surface area contributed by atoms with Crippen LogP contribution in [-0.2, 0) is 4.74 Å². The fraction of sp³-hybridized carbons (Fsp3) is 0.667. The van der Waals surface area contributed by atoms with Gasteiger partial charge >= 0.3 is 0 Å². The van der Waals surface area contributed by atoms with E-state index in [0.717, 1.165) is 0 Å². The molecule has 0 N–H and O–H groups in total. The van der Waals surface area contributed by atoms with E-state index in [0.29, 0.717) is 6.42 Å². The highest BCUT2D eigenvalue weighted by Crippen LogP contribution is 2.34. The van der Waals surface area contributed by atoms with Gasteiger partial charge in [0, 0.05) is 4.92 Å². The molecule has 2 bridgehead atoms. The number of hydrogen-bond acceptors (Lipinski definition) is 3. The average molecular weight is 141 g/mol. The van der Waals surface area contributed by atoms with E-state index in [9.17, 15) is 10.1 Å². The molecule has 2 rings (SSSR count). The van der Waals surface area contributed by atoms with E-state index in [1.807, 2.05) is 0 Å². The number of nitrogens with zero attached hydrogens (tertiary/aromatic N) is 1. The van der Waals surface area contributed by atoms with Crippen molar-refractivity contribution < 1.29 is 9.66 Å². The number of hydrogen-bond donors (Lipinski definition) is 0. The van der Waals surface area contributed by atoms with Crippen molar-refractivity contribution in [1.29, 1.82) is 0 Å². The van der Waals surface area contributed by atoms with Gasteiger partial charge in [-0.2, -0.15) is 0 Å². The Bertz CT molecular complexity index is 213. The summed E-state index contributed by atoms with van der Waals surface area (Å²) in [6.07, 6.45) is 3.96. The van der Waals surface area contributed by atoms with E-state index in [4.69, 9.17) is 4.74 Å². The van der Waals surface area contributed by atoms with Gasteiger partial charge in [-0.25, -0.2) is 0 Å². The van der Waals surface area contributed by atoms with E-state index >= 15 is 0 Å². The molecule has 4 nitrogen and oxygen atoms in total. The number of rotatable bonds is 1. The predicted octanol–water partition coefficient (Wildman–Crippen LogP) is 0.361. The Morgan fingerprint density at radius 2 is 2.60 bits per heavy atom. The molecule has 0 spiro atoms. The number of ether oxygens (including phenoxy) is 1. The first-order valence-corrected chi connectivity index (χ1v) is 3.18. The molecule has 0 aromatic heterocycles. The summed E-state index contributed by atoms with van der Waals surface area (Å²) in [5.41, 5.74) is -0.870. The molecule has 10 heavy (non-hydrogen) atoms. The molecule has 54 valence electrons. The highest BCUT2D eigenvalue weighted by atomic mass is 16.6. The highest BCUT2D eigenvalue weighted by Gasteiger charge is 2.52. The van der Waals surface area contributed by atoms with E-state index < -0.39 is 5.54 Å². The fourth-order valence-electron chi connectivity index (χ4n) is 1.43. The Morgan fingerprint density at radius 1 is 1.80 bits per heavy atom. The third-order valence-electron chi connectivity index (χ3n) is 2.09. The lowest BCUT2D eigenvalue weighted by molar-refractivity contribution is -0.551. The quantitative estimate of drug-likeness (QED) is 0.301. The minimum Gasteiger partial charge on any atom is -0.366 e. The molecule has 1 saturated heterocycles. The standard InChI is InChI=1S/C6H7NO3/c8-7(9)6-2-1-5(3-6)10-4-6/h1-2,5H,3-4H2. The summed E-state index contributed by atoms with van der Waals surface area (Å²) in [4.78, 5) is 10.2. The zero-order valence-electron chi connectivity index (χ0n) is 5.32. The van der Waals surface area contributed by atoms with Gasteiger partial charge in [-0.05, 0) is 6.08 Å². The van der Waals surface area contributed by atoms with Gasteiger partial charge in [-0.3, -0.25) is 10.1 Å². The van der Waals surface area contributed by atoms with Crippen molar-refractivity contribution in [3.05, 3.63) is 22.3 Å². The molecule has 1 heterocycles. The van der Waals surface area contributed by atoms with Gasteiger partial charge in [-0.15, -0.1) is 0 Å². The lowest BCUT2D eigenvalue weighted by atomic mass is 10.0. The predicted molar refractivity (Wildman–Crippen MR) is 33.2 cm³/mol. The zero-order chi connectivity index (χ0) is 7.19. The second-order valence-corrected chi connectivity index (χ2v) is 2.77. The van der Waals surface area contributed by atoms with Crippen LogP contribution in [0.2, 0.25) is 0 Å². The first kappa shape index (κ1) is 5.85. The maximum atomic E-state index is 10.5. The molecule has 0 amide bonds. The van der Waals surface area contributed by atoms with Gasteiger partial charge in [0.05, 0.1) is 12.5 Å². The summed E-state index contributed by atoms with van der Waals surface area (Å²) >= 11 is 0. The minimum absolute atomic E-state index is 0.00500. The molecule has 2 unspecified atom stereocenters. The van der Waals surface area contributed by atoms with Gasteiger partial charge in [0.2, 0.25) is 0 Å². The van der Waals surface area contributed by atoms with Crippen molar-refractivity contribution in [3.8, 4) is 0 Å². The molecule has 0 radical (unpaired) electrons. The smallest absolute Gasteiger partial charge is 0.266 e. The van der Waals surface area contributed by atoms with Crippen molar-refractivity contribution in [2.75, 3.05) is 6.61 Å². The first-order valence-electron chi connectivity index (χ1n) is 3.18. The lowest BCUT2D eigenvalue weighted by Gasteiger charge is -2.11. The van der Waals surface area contributed by atoms with Crippen LogP contribution in [0.4, 0.5) is 0 Å². The Morgan fingerprint density at radius 3 is 2.80 bits per heavy atom. The molecule has 1 aliphatic heterocycles. The summed E-state index contributed by atoms with van der Waals surface area (Å²) in [5.74, 6) is 0. The molecule has 0 saturated carbocycles. The van der Waals surface area contributed by atoms with Crippen LogP contribution in [0, 0.1) is 10.1 Å². The number of nitro groups is 1. The summed E-state index contributed by atoms with van der Waals surface area (Å²) in [7, 11) is 0. The Labute approximate surface area is 57.6 Å². The lowest BCUT2D eigenvalue weighted by Crippen LogP contribution is -2.35. The molecular formula is C6H7NO3. The summed E-state index contributed by atoms with van der Waals surface area (Å²) < 4.78 is 5.09.